The molecule has 3 aliphatic rings. The van der Waals surface area contributed by atoms with Crippen LogP contribution in [0, 0.1) is 11.6 Å². The Labute approximate surface area is 192 Å². The van der Waals surface area contributed by atoms with Crippen LogP contribution in [0.1, 0.15) is 37.2 Å². The van der Waals surface area contributed by atoms with E-state index < -0.39 is 0 Å². The third-order valence-corrected chi connectivity index (χ3v) is 7.02. The highest BCUT2D eigenvalue weighted by molar-refractivity contribution is 6.01. The van der Waals surface area contributed by atoms with Crippen LogP contribution in [0.5, 0.6) is 0 Å². The van der Waals surface area contributed by atoms with Crippen LogP contribution in [0.2, 0.25) is 0 Å². The molecular formula is C25H28F2N4O2. The van der Waals surface area contributed by atoms with Crippen molar-refractivity contribution < 1.29 is 18.4 Å². The largest absolute Gasteiger partial charge is 0.337 e. The Bertz CT molecular complexity index is 1050. The van der Waals surface area contributed by atoms with Gasteiger partial charge in [-0.3, -0.25) is 10.1 Å². The van der Waals surface area contributed by atoms with Gasteiger partial charge in [-0.1, -0.05) is 6.42 Å². The Hall–Kier alpha value is -3.00. The van der Waals surface area contributed by atoms with Crippen molar-refractivity contribution in [2.24, 2.45) is 0 Å². The predicted octanol–water partition coefficient (Wildman–Crippen LogP) is 4.00. The van der Waals surface area contributed by atoms with E-state index in [1.165, 1.54) is 18.2 Å². The van der Waals surface area contributed by atoms with Crippen molar-refractivity contribution in [1.82, 2.24) is 15.1 Å². The molecule has 0 aliphatic carbocycles. The van der Waals surface area contributed by atoms with Gasteiger partial charge in [-0.05, 0) is 73.8 Å². The number of rotatable bonds is 7. The SMILES string of the molecule is O=C1CN(CCCCCN2CCC3C(C2)c2cc(F)ccc2N3c2ccc(F)cc2)C(=O)N1. The zero-order valence-corrected chi connectivity index (χ0v) is 18.5. The van der Waals surface area contributed by atoms with Gasteiger partial charge in [0.2, 0.25) is 5.91 Å². The standard InChI is InChI=1S/C25H28F2N4O2/c26-17-4-7-19(8-5-17)31-22-9-6-18(27)14-20(22)21-15-29(13-10-23(21)31)11-2-1-3-12-30-16-24(32)28-25(30)33/h4-9,14,21,23H,1-3,10-13,15-16H2,(H,28,32,33). The highest BCUT2D eigenvalue weighted by Crippen LogP contribution is 2.48. The van der Waals surface area contributed by atoms with Crippen LogP contribution in [0.3, 0.4) is 0 Å². The van der Waals surface area contributed by atoms with E-state index in [0.29, 0.717) is 6.54 Å². The van der Waals surface area contributed by atoms with Crippen LogP contribution in [0.25, 0.3) is 0 Å². The maximum absolute atomic E-state index is 14.1. The number of hydrogen-bond donors (Lipinski definition) is 1. The summed E-state index contributed by atoms with van der Waals surface area (Å²) in [4.78, 5) is 29.1. The molecule has 33 heavy (non-hydrogen) atoms. The maximum Gasteiger partial charge on any atom is 0.324 e. The van der Waals surface area contributed by atoms with Crippen LogP contribution in [0.15, 0.2) is 42.5 Å². The molecule has 1 N–H and O–H groups in total. The molecule has 0 radical (unpaired) electrons. The van der Waals surface area contributed by atoms with Gasteiger partial charge in [-0.15, -0.1) is 0 Å². The van der Waals surface area contributed by atoms with E-state index in [2.05, 4.69) is 15.1 Å². The monoisotopic (exact) mass is 454 g/mol. The fourth-order valence-corrected chi connectivity index (χ4v) is 5.46. The minimum atomic E-state index is -0.292. The van der Waals surface area contributed by atoms with Crippen LogP contribution < -0.4 is 10.2 Å². The molecule has 6 nitrogen and oxygen atoms in total. The summed E-state index contributed by atoms with van der Waals surface area (Å²) in [5.41, 5.74) is 2.98. The van der Waals surface area contributed by atoms with Crippen molar-refractivity contribution in [1.29, 1.82) is 0 Å². The molecule has 2 atom stereocenters. The normalized spacial score (nSPS) is 22.5. The van der Waals surface area contributed by atoms with Gasteiger partial charge in [0.05, 0.1) is 0 Å². The summed E-state index contributed by atoms with van der Waals surface area (Å²) in [6.07, 6.45) is 3.81. The van der Waals surface area contributed by atoms with E-state index in [1.54, 1.807) is 23.1 Å². The second-order valence-electron chi connectivity index (χ2n) is 9.15. The number of amides is 3. The van der Waals surface area contributed by atoms with Gasteiger partial charge in [0.15, 0.2) is 0 Å². The number of fused-ring (bicyclic) bond motifs is 3. The zero-order chi connectivity index (χ0) is 22.9. The van der Waals surface area contributed by atoms with E-state index in [-0.39, 0.29) is 42.1 Å². The Balaban J connectivity index is 1.20. The number of nitrogens with one attached hydrogen (secondary N) is 1. The zero-order valence-electron chi connectivity index (χ0n) is 18.5. The molecule has 0 aromatic heterocycles. The summed E-state index contributed by atoms with van der Waals surface area (Å²) in [5.74, 6) is -0.518. The van der Waals surface area contributed by atoms with Gasteiger partial charge in [0, 0.05) is 43.0 Å². The lowest BCUT2D eigenvalue weighted by molar-refractivity contribution is -0.118. The Morgan fingerprint density at radius 3 is 2.45 bits per heavy atom. The topological polar surface area (TPSA) is 55.9 Å². The number of hydrogen-bond acceptors (Lipinski definition) is 4. The van der Waals surface area contributed by atoms with E-state index in [0.717, 1.165) is 62.3 Å². The van der Waals surface area contributed by atoms with Crippen molar-refractivity contribution in [3.05, 3.63) is 59.7 Å². The van der Waals surface area contributed by atoms with E-state index in [1.807, 2.05) is 6.07 Å². The van der Waals surface area contributed by atoms with Crippen molar-refractivity contribution in [3.63, 3.8) is 0 Å². The molecule has 0 bridgehead atoms. The fourth-order valence-electron chi connectivity index (χ4n) is 5.46. The third-order valence-electron chi connectivity index (χ3n) is 7.02. The number of urea groups is 1. The van der Waals surface area contributed by atoms with Crippen LogP contribution in [0.4, 0.5) is 25.0 Å². The maximum atomic E-state index is 14.1. The van der Waals surface area contributed by atoms with Crippen molar-refractivity contribution in [3.8, 4) is 0 Å². The molecule has 2 fully saturated rings. The summed E-state index contributed by atoms with van der Waals surface area (Å²) in [7, 11) is 0. The molecule has 3 heterocycles. The number of anilines is 2. The first-order chi connectivity index (χ1) is 16.0. The number of carbonyl (C=O) groups excluding carboxylic acids is 2. The van der Waals surface area contributed by atoms with Crippen molar-refractivity contribution >= 4 is 23.3 Å². The average molecular weight is 455 g/mol. The van der Waals surface area contributed by atoms with Gasteiger partial charge in [-0.25, -0.2) is 13.6 Å². The summed E-state index contributed by atoms with van der Waals surface area (Å²) in [6, 6.07) is 11.5. The van der Waals surface area contributed by atoms with Crippen molar-refractivity contribution in [2.45, 2.75) is 37.6 Å². The van der Waals surface area contributed by atoms with Gasteiger partial charge in [0.1, 0.15) is 18.2 Å². The predicted molar refractivity (Wildman–Crippen MR) is 121 cm³/mol. The number of piperidine rings is 1. The highest BCUT2D eigenvalue weighted by Gasteiger charge is 2.42. The number of unbranched alkanes of at least 4 members (excludes halogenated alkanes) is 2. The molecule has 5 rings (SSSR count). The number of carbonyl (C=O) groups is 2. The summed E-state index contributed by atoms with van der Waals surface area (Å²) < 4.78 is 27.6. The minimum Gasteiger partial charge on any atom is -0.337 e. The molecular weight excluding hydrogens is 426 g/mol. The lowest BCUT2D eigenvalue weighted by atomic mass is 9.89. The molecule has 174 valence electrons. The van der Waals surface area contributed by atoms with Crippen molar-refractivity contribution in [2.75, 3.05) is 37.6 Å². The first kappa shape index (κ1) is 21.8. The molecule has 3 amide bonds. The van der Waals surface area contributed by atoms with Gasteiger partial charge in [-0.2, -0.15) is 0 Å². The molecule has 2 unspecified atom stereocenters. The Morgan fingerprint density at radius 1 is 0.939 bits per heavy atom. The number of likely N-dealkylation sites (tertiary alicyclic amines) is 1. The van der Waals surface area contributed by atoms with E-state index in [4.69, 9.17) is 0 Å². The lowest BCUT2D eigenvalue weighted by Crippen LogP contribution is -2.45. The smallest absolute Gasteiger partial charge is 0.324 e. The van der Waals surface area contributed by atoms with E-state index in [9.17, 15) is 18.4 Å². The van der Waals surface area contributed by atoms with Crippen LogP contribution in [-0.4, -0.2) is 60.5 Å². The molecule has 3 aliphatic heterocycles. The molecule has 2 saturated heterocycles. The van der Waals surface area contributed by atoms with Gasteiger partial charge < -0.3 is 14.7 Å². The summed E-state index contributed by atoms with van der Waals surface area (Å²) >= 11 is 0. The second-order valence-corrected chi connectivity index (χ2v) is 9.15. The van der Waals surface area contributed by atoms with Crippen LogP contribution >= 0.6 is 0 Å². The average Bonchev–Trinajstić information content (AvgIpc) is 3.29. The molecule has 8 heteroatoms. The highest BCUT2D eigenvalue weighted by atomic mass is 19.1. The number of nitrogens with zero attached hydrogens (tertiary/aromatic N) is 3. The fraction of sp³-hybridized carbons (Fsp3) is 0.440. The number of halogens is 2. The molecule has 2 aromatic carbocycles. The quantitative estimate of drug-likeness (QED) is 0.508. The molecule has 2 aromatic rings. The number of imide groups is 1. The summed E-state index contributed by atoms with van der Waals surface area (Å²) in [6.45, 7) is 3.53. The first-order valence-corrected chi connectivity index (χ1v) is 11.6. The van der Waals surface area contributed by atoms with Gasteiger partial charge >= 0.3 is 6.03 Å². The molecule has 0 spiro atoms. The minimum absolute atomic E-state index is 0.161. The van der Waals surface area contributed by atoms with Gasteiger partial charge in [0.25, 0.3) is 0 Å². The van der Waals surface area contributed by atoms with Crippen LogP contribution in [-0.2, 0) is 4.79 Å². The Kier molecular flexibility index (Phi) is 6.01. The third kappa shape index (κ3) is 4.44. The van der Waals surface area contributed by atoms with E-state index >= 15 is 0 Å². The summed E-state index contributed by atoms with van der Waals surface area (Å²) in [5, 5.41) is 2.30. The first-order valence-electron chi connectivity index (χ1n) is 11.6. The lowest BCUT2D eigenvalue weighted by Gasteiger charge is -2.39. The molecule has 0 saturated carbocycles. The number of benzene rings is 2. The Morgan fingerprint density at radius 2 is 1.70 bits per heavy atom. The second kappa shape index (κ2) is 9.09.